The van der Waals surface area contributed by atoms with Crippen molar-refractivity contribution in [1.82, 2.24) is 5.32 Å². The Kier molecular flexibility index (Phi) is 6.62. The van der Waals surface area contributed by atoms with Crippen molar-refractivity contribution in [3.8, 4) is 0 Å². The maximum atomic E-state index is 11.8. The molecule has 1 aliphatic carbocycles. The molecule has 0 aliphatic heterocycles. The molecular formula is C15H27NO6. The lowest BCUT2D eigenvalue weighted by Crippen LogP contribution is -2.46. The van der Waals surface area contributed by atoms with Crippen LogP contribution in [0.5, 0.6) is 0 Å². The molecule has 1 fully saturated rings. The quantitative estimate of drug-likeness (QED) is 0.555. The standard InChI is InChI=1S/C15H27NO6/c1-14(2,3)22-13(20)16-10-15(12(18)19,11-4-5-11)6-8-21-9-7-17/h11,17H,4-10H2,1-3H3,(H,16,20)(H,18,19). The molecule has 0 aromatic rings. The molecule has 1 aliphatic rings. The zero-order valence-electron chi connectivity index (χ0n) is 13.6. The summed E-state index contributed by atoms with van der Waals surface area (Å²) in [7, 11) is 0. The fourth-order valence-corrected chi connectivity index (χ4v) is 2.39. The van der Waals surface area contributed by atoms with Crippen molar-refractivity contribution in [1.29, 1.82) is 0 Å². The van der Waals surface area contributed by atoms with E-state index in [1.165, 1.54) is 0 Å². The fraction of sp³-hybridized carbons (Fsp3) is 0.867. The summed E-state index contributed by atoms with van der Waals surface area (Å²) in [6.45, 7) is 5.59. The Morgan fingerprint density at radius 3 is 2.32 bits per heavy atom. The van der Waals surface area contributed by atoms with E-state index in [1.54, 1.807) is 20.8 Å². The molecule has 128 valence electrons. The Labute approximate surface area is 131 Å². The molecule has 3 N–H and O–H groups in total. The summed E-state index contributed by atoms with van der Waals surface area (Å²) < 4.78 is 10.3. The van der Waals surface area contributed by atoms with Crippen LogP contribution in [-0.4, -0.2) is 54.2 Å². The normalized spacial score (nSPS) is 17.6. The molecule has 1 saturated carbocycles. The molecule has 7 nitrogen and oxygen atoms in total. The van der Waals surface area contributed by atoms with Crippen LogP contribution in [-0.2, 0) is 14.3 Å². The molecule has 0 radical (unpaired) electrons. The number of carbonyl (C=O) groups excluding carboxylic acids is 1. The van der Waals surface area contributed by atoms with Gasteiger partial charge in [-0.05, 0) is 46.0 Å². The van der Waals surface area contributed by atoms with Gasteiger partial charge in [0, 0.05) is 13.2 Å². The van der Waals surface area contributed by atoms with Crippen LogP contribution in [0.2, 0.25) is 0 Å². The van der Waals surface area contributed by atoms with Crippen molar-refractivity contribution in [2.45, 2.75) is 45.6 Å². The summed E-state index contributed by atoms with van der Waals surface area (Å²) in [5.74, 6) is -0.892. The average molecular weight is 317 g/mol. The highest BCUT2D eigenvalue weighted by Crippen LogP contribution is 2.47. The predicted octanol–water partition coefficient (Wildman–Crippen LogP) is 1.39. The van der Waals surface area contributed by atoms with Crippen molar-refractivity contribution in [2.75, 3.05) is 26.4 Å². The lowest BCUT2D eigenvalue weighted by Gasteiger charge is -2.30. The van der Waals surface area contributed by atoms with E-state index in [1.807, 2.05) is 0 Å². The lowest BCUT2D eigenvalue weighted by atomic mass is 9.79. The van der Waals surface area contributed by atoms with Gasteiger partial charge in [-0.15, -0.1) is 0 Å². The van der Waals surface area contributed by atoms with Gasteiger partial charge in [0.05, 0.1) is 18.6 Å². The van der Waals surface area contributed by atoms with Crippen LogP contribution >= 0.6 is 0 Å². The van der Waals surface area contributed by atoms with E-state index in [0.717, 1.165) is 12.8 Å². The topological polar surface area (TPSA) is 105 Å². The van der Waals surface area contributed by atoms with Crippen LogP contribution < -0.4 is 5.32 Å². The number of hydrogen-bond acceptors (Lipinski definition) is 5. The summed E-state index contributed by atoms with van der Waals surface area (Å²) in [5.41, 5.74) is -1.66. The van der Waals surface area contributed by atoms with Gasteiger partial charge < -0.3 is 25.0 Å². The van der Waals surface area contributed by atoms with E-state index < -0.39 is 23.1 Å². The van der Waals surface area contributed by atoms with Gasteiger partial charge in [-0.25, -0.2) is 4.79 Å². The van der Waals surface area contributed by atoms with E-state index in [4.69, 9.17) is 14.6 Å². The van der Waals surface area contributed by atoms with E-state index in [2.05, 4.69) is 5.32 Å². The van der Waals surface area contributed by atoms with Crippen LogP contribution in [0.3, 0.4) is 0 Å². The maximum absolute atomic E-state index is 11.8. The summed E-state index contributed by atoms with van der Waals surface area (Å²) in [6, 6.07) is 0. The number of nitrogens with one attached hydrogen (secondary N) is 1. The first-order valence-corrected chi connectivity index (χ1v) is 7.60. The first-order valence-electron chi connectivity index (χ1n) is 7.60. The van der Waals surface area contributed by atoms with Crippen LogP contribution in [0.1, 0.15) is 40.0 Å². The van der Waals surface area contributed by atoms with Crippen molar-refractivity contribution in [3.05, 3.63) is 0 Å². The number of aliphatic hydroxyl groups is 1. The minimum Gasteiger partial charge on any atom is -0.481 e. The minimum atomic E-state index is -1.04. The Morgan fingerprint density at radius 1 is 1.23 bits per heavy atom. The number of hydrogen-bond donors (Lipinski definition) is 3. The first-order chi connectivity index (χ1) is 10.2. The van der Waals surface area contributed by atoms with Gasteiger partial charge in [0.15, 0.2) is 0 Å². The number of aliphatic carboxylic acids is 1. The van der Waals surface area contributed by atoms with Gasteiger partial charge in [-0.3, -0.25) is 4.79 Å². The van der Waals surface area contributed by atoms with Crippen molar-refractivity contribution in [3.63, 3.8) is 0 Å². The highest BCUT2D eigenvalue weighted by Gasteiger charge is 2.51. The van der Waals surface area contributed by atoms with Gasteiger partial charge in [0.1, 0.15) is 5.60 Å². The van der Waals surface area contributed by atoms with E-state index >= 15 is 0 Å². The van der Waals surface area contributed by atoms with Crippen LogP contribution in [0.25, 0.3) is 0 Å². The van der Waals surface area contributed by atoms with Crippen molar-refractivity contribution in [2.24, 2.45) is 11.3 Å². The monoisotopic (exact) mass is 317 g/mol. The Balaban J connectivity index is 2.62. The Bertz CT molecular complexity index is 388. The van der Waals surface area contributed by atoms with Gasteiger partial charge in [-0.2, -0.15) is 0 Å². The third kappa shape index (κ3) is 5.81. The zero-order chi connectivity index (χ0) is 16.8. The second kappa shape index (κ2) is 7.78. The smallest absolute Gasteiger partial charge is 0.407 e. The van der Waals surface area contributed by atoms with Crippen molar-refractivity contribution >= 4 is 12.1 Å². The second-order valence-electron chi connectivity index (χ2n) is 6.68. The van der Waals surface area contributed by atoms with E-state index in [-0.39, 0.29) is 32.3 Å². The van der Waals surface area contributed by atoms with E-state index in [9.17, 15) is 14.7 Å². The Hall–Kier alpha value is -1.34. The number of carbonyl (C=O) groups is 2. The third-order valence-corrected chi connectivity index (χ3v) is 3.66. The molecule has 0 bridgehead atoms. The number of rotatable bonds is 9. The average Bonchev–Trinajstić information content (AvgIpc) is 3.20. The molecule has 1 amide bonds. The summed E-state index contributed by atoms with van der Waals surface area (Å²) in [4.78, 5) is 23.5. The molecular weight excluding hydrogens is 290 g/mol. The minimum absolute atomic E-state index is 0.0183. The molecule has 0 saturated heterocycles. The first kappa shape index (κ1) is 18.7. The second-order valence-corrected chi connectivity index (χ2v) is 6.68. The fourth-order valence-electron chi connectivity index (χ4n) is 2.39. The number of aliphatic hydroxyl groups excluding tert-OH is 1. The number of carboxylic acids is 1. The number of amides is 1. The number of alkyl carbamates (subject to hydrolysis) is 1. The maximum Gasteiger partial charge on any atom is 0.407 e. The SMILES string of the molecule is CC(C)(C)OC(=O)NCC(CCOCCO)(C(=O)O)C1CC1. The molecule has 0 heterocycles. The van der Waals surface area contributed by atoms with Crippen LogP contribution in [0, 0.1) is 11.3 Å². The molecule has 1 unspecified atom stereocenters. The zero-order valence-corrected chi connectivity index (χ0v) is 13.6. The Morgan fingerprint density at radius 2 is 1.86 bits per heavy atom. The van der Waals surface area contributed by atoms with Gasteiger partial charge in [0.2, 0.25) is 0 Å². The molecule has 1 rings (SSSR count). The van der Waals surface area contributed by atoms with E-state index in [0.29, 0.717) is 6.42 Å². The number of ether oxygens (including phenoxy) is 2. The van der Waals surface area contributed by atoms with Gasteiger partial charge in [0.25, 0.3) is 0 Å². The van der Waals surface area contributed by atoms with Crippen LogP contribution in [0.15, 0.2) is 0 Å². The predicted molar refractivity (Wildman–Crippen MR) is 79.6 cm³/mol. The largest absolute Gasteiger partial charge is 0.481 e. The molecule has 7 heteroatoms. The number of carboxylic acid groups (broad SMARTS) is 1. The van der Waals surface area contributed by atoms with Gasteiger partial charge in [-0.1, -0.05) is 0 Å². The molecule has 0 aromatic carbocycles. The van der Waals surface area contributed by atoms with Crippen LogP contribution in [0.4, 0.5) is 4.79 Å². The highest BCUT2D eigenvalue weighted by molar-refractivity contribution is 5.77. The molecule has 0 spiro atoms. The highest BCUT2D eigenvalue weighted by atomic mass is 16.6. The van der Waals surface area contributed by atoms with Crippen molar-refractivity contribution < 1.29 is 29.3 Å². The summed E-state index contributed by atoms with van der Waals surface area (Å²) >= 11 is 0. The summed E-state index contributed by atoms with van der Waals surface area (Å²) in [6.07, 6.45) is 1.35. The molecule has 1 atom stereocenters. The van der Waals surface area contributed by atoms with Gasteiger partial charge >= 0.3 is 12.1 Å². The molecule has 0 aromatic heterocycles. The summed E-state index contributed by atoms with van der Waals surface area (Å²) in [5, 5.41) is 20.9. The third-order valence-electron chi connectivity index (χ3n) is 3.66. The molecule has 22 heavy (non-hydrogen) atoms. The lowest BCUT2D eigenvalue weighted by molar-refractivity contribution is -0.151.